The number of nitrogens with zero attached hydrogens (tertiary/aromatic N) is 2. The summed E-state index contributed by atoms with van der Waals surface area (Å²) in [7, 11) is 1.62. The Labute approximate surface area is 150 Å². The van der Waals surface area contributed by atoms with Crippen molar-refractivity contribution < 1.29 is 19.1 Å². The molecule has 3 amide bonds. The zero-order chi connectivity index (χ0) is 18.5. The highest BCUT2D eigenvalue weighted by Crippen LogP contribution is 2.29. The highest BCUT2D eigenvalue weighted by molar-refractivity contribution is 6.02. The number of rotatable bonds is 5. The van der Waals surface area contributed by atoms with Crippen LogP contribution in [0.4, 0.5) is 10.5 Å². The van der Waals surface area contributed by atoms with Crippen LogP contribution < -0.4 is 15.4 Å². The average Bonchev–Trinajstić information content (AvgIpc) is 2.57. The van der Waals surface area contributed by atoms with Crippen molar-refractivity contribution in [2.45, 2.75) is 25.9 Å². The van der Waals surface area contributed by atoms with Gasteiger partial charge in [-0.25, -0.2) is 14.8 Å². The van der Waals surface area contributed by atoms with Crippen LogP contribution in [0, 0.1) is 12.8 Å². The van der Waals surface area contributed by atoms with Gasteiger partial charge in [0.2, 0.25) is 5.91 Å². The van der Waals surface area contributed by atoms with Crippen molar-refractivity contribution in [1.82, 2.24) is 15.3 Å². The van der Waals surface area contributed by atoms with E-state index in [2.05, 4.69) is 20.6 Å². The minimum Gasteiger partial charge on any atom is -0.424 e. The Morgan fingerprint density at radius 1 is 1.19 bits per heavy atom. The van der Waals surface area contributed by atoms with Gasteiger partial charge in [-0.3, -0.25) is 10.1 Å². The summed E-state index contributed by atoms with van der Waals surface area (Å²) in [5, 5.41) is 5.00. The molecule has 1 aromatic carbocycles. The Morgan fingerprint density at radius 2 is 1.92 bits per heavy atom. The van der Waals surface area contributed by atoms with Crippen molar-refractivity contribution in [3.63, 3.8) is 0 Å². The van der Waals surface area contributed by atoms with Gasteiger partial charge in [0.05, 0.1) is 6.10 Å². The summed E-state index contributed by atoms with van der Waals surface area (Å²) in [5.41, 5.74) is 1.35. The number of hydrogen-bond donors (Lipinski definition) is 2. The molecular weight excluding hydrogens is 336 g/mol. The topological polar surface area (TPSA) is 102 Å². The van der Waals surface area contributed by atoms with Crippen molar-refractivity contribution in [2.24, 2.45) is 5.92 Å². The summed E-state index contributed by atoms with van der Waals surface area (Å²) in [6.07, 6.45) is 4.57. The normalized spacial score (nSPS) is 18.5. The molecule has 3 rings (SSSR count). The standard InChI is InChI=1S/C18H20N4O4/c1-11-8-13(4-5-15(11)26-18-19-6-3-7-20-18)21-17(24)22-16(23)12-9-14(10-12)25-2/h3-8,12,14H,9-10H2,1-2H3,(H2,21,22,23,24). The van der Waals surface area contributed by atoms with Crippen LogP contribution in [0.15, 0.2) is 36.7 Å². The van der Waals surface area contributed by atoms with Gasteiger partial charge in [-0.2, -0.15) is 0 Å². The van der Waals surface area contributed by atoms with Crippen LogP contribution in [-0.4, -0.2) is 35.1 Å². The van der Waals surface area contributed by atoms with Crippen molar-refractivity contribution in [1.29, 1.82) is 0 Å². The SMILES string of the molecule is COC1CC(C(=O)NC(=O)Nc2ccc(Oc3ncccn3)c(C)c2)C1. The van der Waals surface area contributed by atoms with E-state index in [0.717, 1.165) is 5.56 Å². The van der Waals surface area contributed by atoms with E-state index >= 15 is 0 Å². The number of imide groups is 1. The second-order valence-electron chi connectivity index (χ2n) is 6.08. The van der Waals surface area contributed by atoms with Gasteiger partial charge in [-0.15, -0.1) is 0 Å². The number of carbonyl (C=O) groups excluding carboxylic acids is 2. The number of ether oxygens (including phenoxy) is 2. The quantitative estimate of drug-likeness (QED) is 0.854. The van der Waals surface area contributed by atoms with Crippen LogP contribution in [0.1, 0.15) is 18.4 Å². The average molecular weight is 356 g/mol. The first-order valence-electron chi connectivity index (χ1n) is 8.25. The molecule has 0 atom stereocenters. The molecule has 26 heavy (non-hydrogen) atoms. The summed E-state index contributed by atoms with van der Waals surface area (Å²) in [6.45, 7) is 1.84. The third kappa shape index (κ3) is 4.34. The Hall–Kier alpha value is -3.00. The number of anilines is 1. The number of amides is 3. The molecule has 2 aromatic rings. The van der Waals surface area contributed by atoms with Gasteiger partial charge in [0.25, 0.3) is 0 Å². The Morgan fingerprint density at radius 3 is 2.58 bits per heavy atom. The first-order valence-corrected chi connectivity index (χ1v) is 8.25. The lowest BCUT2D eigenvalue weighted by molar-refractivity contribution is -0.131. The molecule has 0 aliphatic heterocycles. The lowest BCUT2D eigenvalue weighted by atomic mass is 9.81. The molecule has 136 valence electrons. The fraction of sp³-hybridized carbons (Fsp3) is 0.333. The first kappa shape index (κ1) is 17.8. The molecule has 0 bridgehead atoms. The monoisotopic (exact) mass is 356 g/mol. The number of urea groups is 1. The second-order valence-corrected chi connectivity index (χ2v) is 6.08. The molecule has 0 spiro atoms. The molecule has 1 aliphatic carbocycles. The first-order chi connectivity index (χ1) is 12.5. The zero-order valence-electron chi connectivity index (χ0n) is 14.6. The molecule has 2 N–H and O–H groups in total. The van der Waals surface area contributed by atoms with Gasteiger partial charge >= 0.3 is 12.0 Å². The fourth-order valence-electron chi connectivity index (χ4n) is 2.63. The van der Waals surface area contributed by atoms with E-state index < -0.39 is 6.03 Å². The highest BCUT2D eigenvalue weighted by Gasteiger charge is 2.35. The van der Waals surface area contributed by atoms with Gasteiger partial charge in [-0.1, -0.05) is 0 Å². The van der Waals surface area contributed by atoms with Crippen LogP contribution in [0.25, 0.3) is 0 Å². The number of aryl methyl sites for hydroxylation is 1. The summed E-state index contributed by atoms with van der Waals surface area (Å²) < 4.78 is 10.7. The molecule has 0 unspecified atom stereocenters. The maximum absolute atomic E-state index is 12.0. The highest BCUT2D eigenvalue weighted by atomic mass is 16.5. The molecule has 8 heteroatoms. The molecule has 1 heterocycles. The minimum atomic E-state index is -0.560. The van der Waals surface area contributed by atoms with Crippen LogP contribution in [0.2, 0.25) is 0 Å². The van der Waals surface area contributed by atoms with E-state index in [-0.39, 0.29) is 23.9 Å². The summed E-state index contributed by atoms with van der Waals surface area (Å²) >= 11 is 0. The maximum atomic E-state index is 12.0. The van der Waals surface area contributed by atoms with Gasteiger partial charge in [0, 0.05) is 31.1 Å². The predicted molar refractivity (Wildman–Crippen MR) is 94.0 cm³/mol. The number of carbonyl (C=O) groups is 2. The predicted octanol–water partition coefficient (Wildman–Crippen LogP) is 2.65. The Kier molecular flexibility index (Phi) is 5.43. The van der Waals surface area contributed by atoms with Crippen LogP contribution in [0.3, 0.4) is 0 Å². The molecular formula is C18H20N4O4. The molecule has 0 radical (unpaired) electrons. The van der Waals surface area contributed by atoms with Gasteiger partial charge in [0.1, 0.15) is 5.75 Å². The molecule has 1 saturated carbocycles. The van der Waals surface area contributed by atoms with Crippen molar-refractivity contribution in [3.05, 3.63) is 42.2 Å². The maximum Gasteiger partial charge on any atom is 0.325 e. The Bertz CT molecular complexity index is 791. The largest absolute Gasteiger partial charge is 0.424 e. The van der Waals surface area contributed by atoms with Crippen molar-refractivity contribution in [3.8, 4) is 11.8 Å². The number of methoxy groups -OCH3 is 1. The van der Waals surface area contributed by atoms with Gasteiger partial charge in [0.15, 0.2) is 0 Å². The van der Waals surface area contributed by atoms with E-state index in [4.69, 9.17) is 9.47 Å². The lowest BCUT2D eigenvalue weighted by Gasteiger charge is -2.32. The summed E-state index contributed by atoms with van der Waals surface area (Å²) in [5.74, 6) is 0.126. The van der Waals surface area contributed by atoms with E-state index in [1.54, 1.807) is 43.8 Å². The molecule has 1 fully saturated rings. The van der Waals surface area contributed by atoms with E-state index in [1.165, 1.54) is 0 Å². The van der Waals surface area contributed by atoms with E-state index in [9.17, 15) is 9.59 Å². The van der Waals surface area contributed by atoms with Crippen LogP contribution in [-0.2, 0) is 9.53 Å². The van der Waals surface area contributed by atoms with Crippen LogP contribution in [0.5, 0.6) is 11.8 Å². The van der Waals surface area contributed by atoms with Crippen LogP contribution >= 0.6 is 0 Å². The van der Waals surface area contributed by atoms with E-state index in [1.807, 2.05) is 6.92 Å². The molecule has 0 saturated heterocycles. The lowest BCUT2D eigenvalue weighted by Crippen LogP contribution is -2.45. The molecule has 8 nitrogen and oxygen atoms in total. The second kappa shape index (κ2) is 7.92. The smallest absolute Gasteiger partial charge is 0.325 e. The Balaban J connectivity index is 1.54. The molecule has 1 aliphatic rings. The third-order valence-electron chi connectivity index (χ3n) is 4.21. The minimum absolute atomic E-state index is 0.109. The van der Waals surface area contributed by atoms with Gasteiger partial charge < -0.3 is 14.8 Å². The van der Waals surface area contributed by atoms with Crippen molar-refractivity contribution in [2.75, 3.05) is 12.4 Å². The molecule has 1 aromatic heterocycles. The summed E-state index contributed by atoms with van der Waals surface area (Å²) in [4.78, 5) is 31.9. The van der Waals surface area contributed by atoms with Gasteiger partial charge in [-0.05, 0) is 49.6 Å². The van der Waals surface area contributed by atoms with Crippen molar-refractivity contribution >= 4 is 17.6 Å². The summed E-state index contributed by atoms with van der Waals surface area (Å²) in [6, 6.07) is 6.51. The number of benzene rings is 1. The number of nitrogens with one attached hydrogen (secondary N) is 2. The number of hydrogen-bond acceptors (Lipinski definition) is 6. The zero-order valence-corrected chi connectivity index (χ0v) is 14.6. The van der Waals surface area contributed by atoms with E-state index in [0.29, 0.717) is 24.3 Å². The number of aromatic nitrogens is 2. The fourth-order valence-corrected chi connectivity index (χ4v) is 2.63. The third-order valence-corrected chi connectivity index (χ3v) is 4.21.